The van der Waals surface area contributed by atoms with Crippen molar-refractivity contribution < 1.29 is 14.3 Å². The minimum atomic E-state index is -0.0386. The van der Waals surface area contributed by atoms with Gasteiger partial charge in [-0.1, -0.05) is 29.8 Å². The molecule has 0 atom stereocenters. The van der Waals surface area contributed by atoms with Gasteiger partial charge in [0.15, 0.2) is 0 Å². The van der Waals surface area contributed by atoms with Crippen LogP contribution in [-0.2, 0) is 16.0 Å². The van der Waals surface area contributed by atoms with Crippen LogP contribution in [0.5, 0.6) is 5.75 Å². The third-order valence-corrected chi connectivity index (χ3v) is 5.46. The number of carbonyl (C=O) groups is 2. The van der Waals surface area contributed by atoms with E-state index in [0.717, 1.165) is 23.1 Å². The average molecular weight is 424 g/mol. The highest BCUT2D eigenvalue weighted by Crippen LogP contribution is 2.24. The van der Waals surface area contributed by atoms with Crippen molar-refractivity contribution in [2.45, 2.75) is 19.3 Å². The van der Waals surface area contributed by atoms with Gasteiger partial charge in [0.2, 0.25) is 11.8 Å². The van der Waals surface area contributed by atoms with Crippen LogP contribution in [-0.4, -0.2) is 41.4 Å². The molecule has 2 aliphatic heterocycles. The number of aromatic nitrogens is 1. The Morgan fingerprint density at radius 2 is 2.13 bits per heavy atom. The van der Waals surface area contributed by atoms with Gasteiger partial charge in [0.1, 0.15) is 18.2 Å². The maximum atomic E-state index is 12.5. The predicted octanol–water partition coefficient (Wildman–Crippen LogP) is 3.87. The third kappa shape index (κ3) is 4.89. The predicted molar refractivity (Wildman–Crippen MR) is 116 cm³/mol. The van der Waals surface area contributed by atoms with Crippen LogP contribution in [0.1, 0.15) is 24.0 Å². The number of rotatable bonds is 5. The van der Waals surface area contributed by atoms with Crippen LogP contribution in [0.15, 0.2) is 54.3 Å². The minimum Gasteiger partial charge on any atom is -0.488 e. The average Bonchev–Trinajstić information content (AvgIpc) is 2.77. The zero-order valence-corrected chi connectivity index (χ0v) is 17.2. The number of nitrogens with zero attached hydrogens (tertiary/aromatic N) is 2. The lowest BCUT2D eigenvalue weighted by molar-refractivity contribution is -0.125. The molecule has 2 amide bonds. The molecule has 1 aromatic carbocycles. The topological polar surface area (TPSA) is 71.5 Å². The number of nitrogens with one attached hydrogen (secondary N) is 1. The molecule has 30 heavy (non-hydrogen) atoms. The quantitative estimate of drug-likeness (QED) is 0.585. The molecule has 154 valence electrons. The Morgan fingerprint density at radius 1 is 1.27 bits per heavy atom. The molecule has 7 heteroatoms. The molecule has 4 rings (SSSR count). The van der Waals surface area contributed by atoms with Crippen LogP contribution >= 0.6 is 11.6 Å². The Balaban J connectivity index is 1.31. The van der Waals surface area contributed by atoms with Gasteiger partial charge < -0.3 is 15.0 Å². The summed E-state index contributed by atoms with van der Waals surface area (Å²) in [4.78, 5) is 30.0. The second-order valence-electron chi connectivity index (χ2n) is 7.27. The van der Waals surface area contributed by atoms with E-state index in [0.29, 0.717) is 49.1 Å². The van der Waals surface area contributed by atoms with Crippen LogP contribution in [0.25, 0.3) is 6.08 Å². The molecule has 3 heterocycles. The first kappa shape index (κ1) is 20.2. The maximum Gasteiger partial charge on any atom is 0.246 e. The molecule has 0 saturated carbocycles. The summed E-state index contributed by atoms with van der Waals surface area (Å²) in [7, 11) is 0. The van der Waals surface area contributed by atoms with Gasteiger partial charge in [0, 0.05) is 31.8 Å². The first-order valence-electron chi connectivity index (χ1n) is 9.89. The number of amides is 2. The first-order chi connectivity index (χ1) is 14.6. The fourth-order valence-electron chi connectivity index (χ4n) is 3.41. The zero-order valence-electron chi connectivity index (χ0n) is 16.4. The van der Waals surface area contributed by atoms with Crippen LogP contribution in [0.4, 0.5) is 5.82 Å². The highest BCUT2D eigenvalue weighted by Gasteiger charge is 2.17. The van der Waals surface area contributed by atoms with Gasteiger partial charge in [0.25, 0.3) is 0 Å². The molecule has 0 saturated heterocycles. The van der Waals surface area contributed by atoms with Gasteiger partial charge in [-0.25, -0.2) is 4.98 Å². The number of benzene rings is 1. The van der Waals surface area contributed by atoms with Gasteiger partial charge in [-0.2, -0.15) is 0 Å². The molecule has 0 spiro atoms. The molecule has 0 radical (unpaired) electrons. The standard InChI is InChI=1S/C23H22ClN3O3/c24-19-3-1-2-4-20(19)30-15-16-9-11-27(12-10-16)22(29)8-5-17-13-18-6-7-21(28)26-23(18)25-14-17/h1-5,8-9,13-14H,6-7,10-12,15H2,(H,25,26,28). The molecule has 0 bridgehead atoms. The number of ether oxygens (including phenoxy) is 1. The van der Waals surface area contributed by atoms with Crippen molar-refractivity contribution in [2.24, 2.45) is 0 Å². The lowest BCUT2D eigenvalue weighted by atomic mass is 10.0. The SMILES string of the molecule is O=C1CCc2cc(C=CC(=O)N3CC=C(COc4ccccc4Cl)CC3)cnc2N1. The van der Waals surface area contributed by atoms with Crippen molar-refractivity contribution in [3.63, 3.8) is 0 Å². The summed E-state index contributed by atoms with van der Waals surface area (Å²) in [5.41, 5.74) is 3.00. The number of aryl methyl sites for hydroxylation is 1. The highest BCUT2D eigenvalue weighted by atomic mass is 35.5. The second-order valence-corrected chi connectivity index (χ2v) is 7.68. The van der Waals surface area contributed by atoms with E-state index in [-0.39, 0.29) is 11.8 Å². The number of carbonyl (C=O) groups excluding carboxylic acids is 2. The Bertz CT molecular complexity index is 1030. The lowest BCUT2D eigenvalue weighted by Crippen LogP contribution is -2.34. The Hall–Kier alpha value is -3.12. The van der Waals surface area contributed by atoms with E-state index < -0.39 is 0 Å². The van der Waals surface area contributed by atoms with Gasteiger partial charge in [-0.3, -0.25) is 9.59 Å². The molecule has 1 aromatic heterocycles. The largest absolute Gasteiger partial charge is 0.488 e. The summed E-state index contributed by atoms with van der Waals surface area (Å²) < 4.78 is 5.78. The molecule has 6 nitrogen and oxygen atoms in total. The van der Waals surface area contributed by atoms with Crippen molar-refractivity contribution in [2.75, 3.05) is 25.0 Å². The van der Waals surface area contributed by atoms with E-state index in [4.69, 9.17) is 16.3 Å². The number of fused-ring (bicyclic) bond motifs is 1. The van der Waals surface area contributed by atoms with Crippen molar-refractivity contribution in [1.82, 2.24) is 9.88 Å². The zero-order chi connectivity index (χ0) is 20.9. The van der Waals surface area contributed by atoms with E-state index in [2.05, 4.69) is 10.3 Å². The van der Waals surface area contributed by atoms with Gasteiger partial charge in [0.05, 0.1) is 5.02 Å². The first-order valence-corrected chi connectivity index (χ1v) is 10.3. The maximum absolute atomic E-state index is 12.5. The molecule has 0 fully saturated rings. The number of halogens is 1. The Morgan fingerprint density at radius 3 is 2.93 bits per heavy atom. The van der Waals surface area contributed by atoms with Gasteiger partial charge in [-0.15, -0.1) is 0 Å². The molecule has 1 N–H and O–H groups in total. The number of anilines is 1. The molecule has 2 aromatic rings. The summed E-state index contributed by atoms with van der Waals surface area (Å²) in [5, 5.41) is 3.35. The molecular formula is C23H22ClN3O3. The smallest absolute Gasteiger partial charge is 0.246 e. The van der Waals surface area contributed by atoms with E-state index >= 15 is 0 Å². The van der Waals surface area contributed by atoms with Gasteiger partial charge >= 0.3 is 0 Å². The van der Waals surface area contributed by atoms with E-state index in [1.807, 2.05) is 30.3 Å². The van der Waals surface area contributed by atoms with Crippen LogP contribution in [0.2, 0.25) is 5.02 Å². The number of hydrogen-bond donors (Lipinski definition) is 1. The number of hydrogen-bond acceptors (Lipinski definition) is 4. The van der Waals surface area contributed by atoms with Crippen LogP contribution in [0, 0.1) is 0 Å². The van der Waals surface area contributed by atoms with Crippen molar-refractivity contribution in [3.05, 3.63) is 70.4 Å². The van der Waals surface area contributed by atoms with Crippen LogP contribution in [0.3, 0.4) is 0 Å². The van der Waals surface area contributed by atoms with Crippen molar-refractivity contribution >= 4 is 35.3 Å². The summed E-state index contributed by atoms with van der Waals surface area (Å²) in [5.74, 6) is 1.23. The number of para-hydroxylation sites is 1. The fraction of sp³-hybridized carbons (Fsp3) is 0.261. The highest BCUT2D eigenvalue weighted by molar-refractivity contribution is 6.32. The third-order valence-electron chi connectivity index (χ3n) is 5.15. The van der Waals surface area contributed by atoms with Crippen LogP contribution < -0.4 is 10.1 Å². The normalized spacial score (nSPS) is 16.1. The van der Waals surface area contributed by atoms with Crippen molar-refractivity contribution in [1.29, 1.82) is 0 Å². The minimum absolute atomic E-state index is 0.0109. The fourth-order valence-corrected chi connectivity index (χ4v) is 3.60. The van der Waals surface area contributed by atoms with Crippen molar-refractivity contribution in [3.8, 4) is 5.75 Å². The van der Waals surface area contributed by atoms with E-state index in [9.17, 15) is 9.59 Å². The molecule has 2 aliphatic rings. The summed E-state index contributed by atoms with van der Waals surface area (Å²) in [6, 6.07) is 9.36. The van der Waals surface area contributed by atoms with Gasteiger partial charge in [-0.05, 0) is 53.8 Å². The summed E-state index contributed by atoms with van der Waals surface area (Å²) >= 11 is 6.11. The molecule has 0 unspecified atom stereocenters. The molecular weight excluding hydrogens is 402 g/mol. The summed E-state index contributed by atoms with van der Waals surface area (Å²) in [6.07, 6.45) is 8.94. The Kier molecular flexibility index (Phi) is 6.14. The molecule has 0 aliphatic carbocycles. The second kappa shape index (κ2) is 9.13. The monoisotopic (exact) mass is 423 g/mol. The van der Waals surface area contributed by atoms with E-state index in [1.165, 1.54) is 0 Å². The van der Waals surface area contributed by atoms with E-state index in [1.54, 1.807) is 29.3 Å². The Labute approximate surface area is 180 Å². The summed E-state index contributed by atoms with van der Waals surface area (Å²) in [6.45, 7) is 1.67. The lowest BCUT2D eigenvalue weighted by Gasteiger charge is -2.25. The number of pyridine rings is 1.